The number of aliphatic carboxylic acids is 1. The van der Waals surface area contributed by atoms with Crippen LogP contribution in [0.25, 0.3) is 0 Å². The second-order valence-corrected chi connectivity index (χ2v) is 4.24. The standard InChI is InChI=1S/C9H18N2O4/c1-6(7(12)13)11(5)10-8(14)15-9(2,3)4/h6H,1-5H3,(H,10,14)(H,12,13)/t6-/m0/s1. The lowest BCUT2D eigenvalue weighted by Crippen LogP contribution is -2.49. The van der Waals surface area contributed by atoms with Gasteiger partial charge in [0.2, 0.25) is 0 Å². The van der Waals surface area contributed by atoms with Crippen molar-refractivity contribution in [3.63, 3.8) is 0 Å². The van der Waals surface area contributed by atoms with E-state index in [0.717, 1.165) is 0 Å². The molecular weight excluding hydrogens is 200 g/mol. The lowest BCUT2D eigenvalue weighted by molar-refractivity contribution is -0.143. The molecule has 0 aromatic carbocycles. The molecule has 0 aliphatic rings. The van der Waals surface area contributed by atoms with Crippen molar-refractivity contribution in [1.82, 2.24) is 10.4 Å². The maximum Gasteiger partial charge on any atom is 0.422 e. The highest BCUT2D eigenvalue weighted by atomic mass is 16.6. The van der Waals surface area contributed by atoms with E-state index in [2.05, 4.69) is 5.43 Å². The van der Waals surface area contributed by atoms with Crippen LogP contribution in [0.15, 0.2) is 0 Å². The SMILES string of the molecule is C[C@@H](C(=O)O)N(C)NC(=O)OC(C)(C)C. The Morgan fingerprint density at radius 3 is 2.20 bits per heavy atom. The summed E-state index contributed by atoms with van der Waals surface area (Å²) in [5.74, 6) is -1.02. The van der Waals surface area contributed by atoms with Crippen LogP contribution in [0.1, 0.15) is 27.7 Å². The maximum atomic E-state index is 11.2. The maximum absolute atomic E-state index is 11.2. The van der Waals surface area contributed by atoms with E-state index in [0.29, 0.717) is 0 Å². The smallest absolute Gasteiger partial charge is 0.422 e. The molecule has 88 valence electrons. The molecule has 6 nitrogen and oxygen atoms in total. The van der Waals surface area contributed by atoms with Crippen LogP contribution in [0, 0.1) is 0 Å². The van der Waals surface area contributed by atoms with E-state index in [1.54, 1.807) is 20.8 Å². The molecule has 0 radical (unpaired) electrons. The minimum atomic E-state index is -1.02. The molecule has 0 unspecified atom stereocenters. The molecule has 15 heavy (non-hydrogen) atoms. The Kier molecular flexibility index (Phi) is 4.54. The Bertz CT molecular complexity index is 247. The lowest BCUT2D eigenvalue weighted by atomic mass is 10.2. The second kappa shape index (κ2) is 4.97. The van der Waals surface area contributed by atoms with Gasteiger partial charge in [0.1, 0.15) is 11.6 Å². The Morgan fingerprint density at radius 1 is 1.40 bits per heavy atom. The minimum absolute atomic E-state index is 0.600. The van der Waals surface area contributed by atoms with Crippen LogP contribution in [-0.4, -0.2) is 40.9 Å². The van der Waals surface area contributed by atoms with Crippen molar-refractivity contribution >= 4 is 12.1 Å². The molecule has 0 rings (SSSR count). The van der Waals surface area contributed by atoms with Crippen molar-refractivity contribution in [2.45, 2.75) is 39.3 Å². The van der Waals surface area contributed by atoms with E-state index < -0.39 is 23.7 Å². The highest BCUT2D eigenvalue weighted by molar-refractivity contribution is 5.74. The molecule has 0 saturated heterocycles. The monoisotopic (exact) mass is 218 g/mol. The molecule has 0 aliphatic carbocycles. The quantitative estimate of drug-likeness (QED) is 0.686. The third-order valence-electron chi connectivity index (χ3n) is 1.60. The molecule has 1 atom stereocenters. The number of hydrogen-bond acceptors (Lipinski definition) is 4. The van der Waals surface area contributed by atoms with Gasteiger partial charge in [0.15, 0.2) is 0 Å². The van der Waals surface area contributed by atoms with Crippen molar-refractivity contribution in [3.05, 3.63) is 0 Å². The van der Waals surface area contributed by atoms with Crippen LogP contribution in [0.3, 0.4) is 0 Å². The van der Waals surface area contributed by atoms with E-state index in [9.17, 15) is 9.59 Å². The molecule has 0 aromatic rings. The first kappa shape index (κ1) is 13.7. The molecule has 0 fully saturated rings. The summed E-state index contributed by atoms with van der Waals surface area (Å²) >= 11 is 0. The number of nitrogens with one attached hydrogen (secondary N) is 1. The predicted molar refractivity (Wildman–Crippen MR) is 54.2 cm³/mol. The first-order chi connectivity index (χ1) is 6.63. The molecule has 1 amide bonds. The van der Waals surface area contributed by atoms with Crippen LogP contribution in [0.4, 0.5) is 4.79 Å². The summed E-state index contributed by atoms with van der Waals surface area (Å²) in [6, 6.07) is -0.808. The topological polar surface area (TPSA) is 78.9 Å². The van der Waals surface area contributed by atoms with Gasteiger partial charge in [0, 0.05) is 7.05 Å². The molecular formula is C9H18N2O4. The van der Waals surface area contributed by atoms with Crippen molar-refractivity contribution in [3.8, 4) is 0 Å². The van der Waals surface area contributed by atoms with Crippen LogP contribution in [-0.2, 0) is 9.53 Å². The summed E-state index contributed by atoms with van der Waals surface area (Å²) in [4.78, 5) is 21.8. The zero-order chi connectivity index (χ0) is 12.2. The van der Waals surface area contributed by atoms with Crippen LogP contribution < -0.4 is 5.43 Å². The summed E-state index contributed by atoms with van der Waals surface area (Å²) in [6.45, 7) is 6.65. The van der Waals surface area contributed by atoms with Gasteiger partial charge in [-0.3, -0.25) is 10.2 Å². The Morgan fingerprint density at radius 2 is 1.87 bits per heavy atom. The molecule has 2 N–H and O–H groups in total. The van der Waals surface area contributed by atoms with E-state index in [4.69, 9.17) is 9.84 Å². The predicted octanol–water partition coefficient (Wildman–Crippen LogP) is 0.831. The van der Waals surface area contributed by atoms with Crippen molar-refractivity contribution in [2.24, 2.45) is 0 Å². The van der Waals surface area contributed by atoms with Gasteiger partial charge < -0.3 is 9.84 Å². The van der Waals surface area contributed by atoms with Crippen LogP contribution >= 0.6 is 0 Å². The first-order valence-electron chi connectivity index (χ1n) is 4.59. The third-order valence-corrected chi connectivity index (χ3v) is 1.60. The zero-order valence-corrected chi connectivity index (χ0v) is 9.70. The Balaban J connectivity index is 4.13. The average molecular weight is 218 g/mol. The number of ether oxygens (including phenoxy) is 1. The van der Waals surface area contributed by atoms with Gasteiger partial charge in [0.25, 0.3) is 0 Å². The summed E-state index contributed by atoms with van der Waals surface area (Å²) in [5, 5.41) is 9.84. The van der Waals surface area contributed by atoms with Crippen LogP contribution in [0.2, 0.25) is 0 Å². The fourth-order valence-corrected chi connectivity index (χ4v) is 0.707. The summed E-state index contributed by atoms with van der Waals surface area (Å²) in [5.41, 5.74) is 1.71. The number of likely N-dealkylation sites (N-methyl/N-ethyl adjacent to an activating group) is 1. The van der Waals surface area contributed by atoms with Gasteiger partial charge >= 0.3 is 12.1 Å². The number of nitrogens with zero attached hydrogens (tertiary/aromatic N) is 1. The van der Waals surface area contributed by atoms with Crippen LogP contribution in [0.5, 0.6) is 0 Å². The Labute approximate surface area is 89.2 Å². The van der Waals surface area contributed by atoms with Gasteiger partial charge in [-0.25, -0.2) is 9.80 Å². The normalized spacial score (nSPS) is 13.5. The molecule has 0 heterocycles. The fourth-order valence-electron chi connectivity index (χ4n) is 0.707. The minimum Gasteiger partial charge on any atom is -0.480 e. The molecule has 6 heteroatoms. The van der Waals surface area contributed by atoms with Gasteiger partial charge in [-0.2, -0.15) is 0 Å². The molecule has 0 spiro atoms. The third kappa shape index (κ3) is 5.90. The Hall–Kier alpha value is -1.30. The fraction of sp³-hybridized carbons (Fsp3) is 0.778. The number of carboxylic acids is 1. The number of carbonyl (C=O) groups excluding carboxylic acids is 1. The molecule has 0 bridgehead atoms. The summed E-state index contributed by atoms with van der Waals surface area (Å²) in [7, 11) is 1.46. The number of amides is 1. The summed E-state index contributed by atoms with van der Waals surface area (Å²) in [6.07, 6.45) is -0.668. The molecule has 0 aromatic heterocycles. The largest absolute Gasteiger partial charge is 0.480 e. The first-order valence-corrected chi connectivity index (χ1v) is 4.59. The van der Waals surface area contributed by atoms with E-state index in [1.807, 2.05) is 0 Å². The van der Waals surface area contributed by atoms with Crippen molar-refractivity contribution in [2.75, 3.05) is 7.05 Å². The number of hydrazine groups is 1. The number of hydrogen-bond donors (Lipinski definition) is 2. The van der Waals surface area contributed by atoms with E-state index >= 15 is 0 Å². The average Bonchev–Trinajstić information content (AvgIpc) is 1.98. The highest BCUT2D eigenvalue weighted by Gasteiger charge is 2.21. The number of carbonyl (C=O) groups is 2. The van der Waals surface area contributed by atoms with Gasteiger partial charge in [-0.1, -0.05) is 0 Å². The zero-order valence-electron chi connectivity index (χ0n) is 9.70. The van der Waals surface area contributed by atoms with Crippen molar-refractivity contribution in [1.29, 1.82) is 0 Å². The van der Waals surface area contributed by atoms with E-state index in [-0.39, 0.29) is 0 Å². The van der Waals surface area contributed by atoms with Gasteiger partial charge in [-0.15, -0.1) is 0 Å². The van der Waals surface area contributed by atoms with Gasteiger partial charge in [0.05, 0.1) is 0 Å². The number of rotatable bonds is 3. The summed E-state index contributed by atoms with van der Waals surface area (Å²) < 4.78 is 4.95. The highest BCUT2D eigenvalue weighted by Crippen LogP contribution is 2.06. The molecule has 0 aliphatic heterocycles. The second-order valence-electron chi connectivity index (χ2n) is 4.24. The number of carboxylic acid groups (broad SMARTS) is 1. The molecule has 0 saturated carbocycles. The van der Waals surface area contributed by atoms with Crippen molar-refractivity contribution < 1.29 is 19.4 Å². The van der Waals surface area contributed by atoms with Gasteiger partial charge in [-0.05, 0) is 27.7 Å². The van der Waals surface area contributed by atoms with E-state index in [1.165, 1.54) is 19.0 Å². The lowest BCUT2D eigenvalue weighted by Gasteiger charge is -2.25.